The van der Waals surface area contributed by atoms with Gasteiger partial charge in [-0.1, -0.05) is 0 Å². The van der Waals surface area contributed by atoms with Gasteiger partial charge in [-0.2, -0.15) is 4.80 Å². The molecule has 5 nitrogen and oxygen atoms in total. The summed E-state index contributed by atoms with van der Waals surface area (Å²) in [5.41, 5.74) is 0. The van der Waals surface area contributed by atoms with Gasteiger partial charge in [0.1, 0.15) is 0 Å². The van der Waals surface area contributed by atoms with Gasteiger partial charge in [0, 0.05) is 13.2 Å². The summed E-state index contributed by atoms with van der Waals surface area (Å²) in [6.45, 7) is 3.47. The molecular formula is C7H12N4O. The Labute approximate surface area is 70.7 Å². The van der Waals surface area contributed by atoms with Gasteiger partial charge in [-0.05, 0) is 25.0 Å². The summed E-state index contributed by atoms with van der Waals surface area (Å²) < 4.78 is 5.24. The van der Waals surface area contributed by atoms with Crippen molar-refractivity contribution in [2.45, 2.75) is 25.8 Å². The van der Waals surface area contributed by atoms with E-state index in [1.807, 2.05) is 6.92 Å². The first kappa shape index (κ1) is 7.67. The molecule has 1 fully saturated rings. The zero-order valence-electron chi connectivity index (χ0n) is 7.10. The maximum atomic E-state index is 5.24. The number of nitrogens with zero attached hydrogens (tertiary/aromatic N) is 4. The summed E-state index contributed by atoms with van der Waals surface area (Å²) in [7, 11) is 0. The minimum Gasteiger partial charge on any atom is -0.381 e. The summed E-state index contributed by atoms with van der Waals surface area (Å²) in [4.78, 5) is 1.71. The van der Waals surface area contributed by atoms with Crippen LogP contribution in [0.2, 0.25) is 0 Å². The Hall–Kier alpha value is -0.970. The zero-order chi connectivity index (χ0) is 8.39. The lowest BCUT2D eigenvalue weighted by molar-refractivity contribution is 0.0615. The standard InChI is InChI=1S/C7H12N4O/c1-6-8-10-11(9-6)7-2-4-12-5-3-7/h7H,2-5H2,1H3. The smallest absolute Gasteiger partial charge is 0.171 e. The van der Waals surface area contributed by atoms with E-state index in [-0.39, 0.29) is 0 Å². The van der Waals surface area contributed by atoms with Crippen molar-refractivity contribution in [1.29, 1.82) is 0 Å². The van der Waals surface area contributed by atoms with Crippen molar-refractivity contribution in [2.24, 2.45) is 0 Å². The van der Waals surface area contributed by atoms with E-state index in [2.05, 4.69) is 15.4 Å². The molecule has 66 valence electrons. The summed E-state index contributed by atoms with van der Waals surface area (Å²) in [6.07, 6.45) is 1.99. The minimum absolute atomic E-state index is 0.389. The van der Waals surface area contributed by atoms with Crippen LogP contribution in [-0.4, -0.2) is 33.4 Å². The molecule has 0 saturated carbocycles. The number of hydrogen-bond acceptors (Lipinski definition) is 4. The van der Waals surface area contributed by atoms with E-state index in [0.717, 1.165) is 31.9 Å². The fourth-order valence-electron chi connectivity index (χ4n) is 1.37. The SMILES string of the molecule is Cc1nnn(C2CCOCC2)n1. The maximum Gasteiger partial charge on any atom is 0.171 e. The Morgan fingerprint density at radius 3 is 2.75 bits per heavy atom. The second kappa shape index (κ2) is 3.18. The number of tetrazole rings is 1. The molecule has 1 saturated heterocycles. The van der Waals surface area contributed by atoms with Gasteiger partial charge in [0.05, 0.1) is 6.04 Å². The summed E-state index contributed by atoms with van der Waals surface area (Å²) in [6, 6.07) is 0.389. The van der Waals surface area contributed by atoms with Crippen molar-refractivity contribution in [1.82, 2.24) is 20.2 Å². The average Bonchev–Trinajstić information content (AvgIpc) is 2.54. The molecule has 2 heterocycles. The van der Waals surface area contributed by atoms with E-state index >= 15 is 0 Å². The lowest BCUT2D eigenvalue weighted by Gasteiger charge is -2.20. The third-order valence-corrected chi connectivity index (χ3v) is 2.05. The van der Waals surface area contributed by atoms with Crippen molar-refractivity contribution in [3.8, 4) is 0 Å². The Bertz CT molecular complexity index is 254. The Kier molecular flexibility index (Phi) is 2.03. The topological polar surface area (TPSA) is 52.8 Å². The largest absolute Gasteiger partial charge is 0.381 e. The van der Waals surface area contributed by atoms with Gasteiger partial charge in [-0.25, -0.2) is 0 Å². The maximum absolute atomic E-state index is 5.24. The molecule has 2 rings (SSSR count). The van der Waals surface area contributed by atoms with Gasteiger partial charge < -0.3 is 4.74 Å². The van der Waals surface area contributed by atoms with E-state index in [9.17, 15) is 0 Å². The van der Waals surface area contributed by atoms with Crippen LogP contribution < -0.4 is 0 Å². The molecule has 0 atom stereocenters. The summed E-state index contributed by atoms with van der Waals surface area (Å²) in [5, 5.41) is 12.0. The van der Waals surface area contributed by atoms with Crippen LogP contribution >= 0.6 is 0 Å². The van der Waals surface area contributed by atoms with Crippen LogP contribution in [0.1, 0.15) is 24.7 Å². The van der Waals surface area contributed by atoms with Gasteiger partial charge in [0.25, 0.3) is 0 Å². The van der Waals surface area contributed by atoms with Gasteiger partial charge >= 0.3 is 0 Å². The third kappa shape index (κ3) is 1.45. The van der Waals surface area contributed by atoms with Crippen molar-refractivity contribution in [3.63, 3.8) is 0 Å². The molecular weight excluding hydrogens is 156 g/mol. The predicted octanol–water partition coefficient (Wildman–Crippen LogP) is 0.333. The molecule has 0 unspecified atom stereocenters. The Morgan fingerprint density at radius 2 is 2.17 bits per heavy atom. The van der Waals surface area contributed by atoms with Crippen molar-refractivity contribution < 1.29 is 4.74 Å². The molecule has 0 aliphatic carbocycles. The number of aromatic nitrogens is 4. The monoisotopic (exact) mass is 168 g/mol. The van der Waals surface area contributed by atoms with E-state index in [0.29, 0.717) is 6.04 Å². The van der Waals surface area contributed by atoms with E-state index in [1.54, 1.807) is 4.80 Å². The summed E-state index contributed by atoms with van der Waals surface area (Å²) in [5.74, 6) is 0.737. The third-order valence-electron chi connectivity index (χ3n) is 2.05. The van der Waals surface area contributed by atoms with Crippen LogP contribution in [-0.2, 0) is 4.74 Å². The molecule has 1 aliphatic rings. The fraction of sp³-hybridized carbons (Fsp3) is 0.857. The van der Waals surface area contributed by atoms with Crippen LogP contribution in [0.25, 0.3) is 0 Å². The first-order chi connectivity index (χ1) is 5.86. The van der Waals surface area contributed by atoms with Crippen LogP contribution in [0.5, 0.6) is 0 Å². The fourth-order valence-corrected chi connectivity index (χ4v) is 1.37. The zero-order valence-corrected chi connectivity index (χ0v) is 7.10. The number of aryl methyl sites for hydroxylation is 1. The Morgan fingerprint density at radius 1 is 1.42 bits per heavy atom. The molecule has 12 heavy (non-hydrogen) atoms. The highest BCUT2D eigenvalue weighted by Crippen LogP contribution is 2.17. The van der Waals surface area contributed by atoms with Crippen LogP contribution in [0.3, 0.4) is 0 Å². The number of rotatable bonds is 1. The highest BCUT2D eigenvalue weighted by molar-refractivity contribution is 4.72. The first-order valence-corrected chi connectivity index (χ1v) is 4.20. The van der Waals surface area contributed by atoms with E-state index in [1.165, 1.54) is 0 Å². The predicted molar refractivity (Wildman–Crippen MR) is 41.6 cm³/mol. The lowest BCUT2D eigenvalue weighted by atomic mass is 10.1. The van der Waals surface area contributed by atoms with E-state index in [4.69, 9.17) is 4.74 Å². The highest BCUT2D eigenvalue weighted by Gasteiger charge is 2.17. The first-order valence-electron chi connectivity index (χ1n) is 4.20. The minimum atomic E-state index is 0.389. The van der Waals surface area contributed by atoms with E-state index < -0.39 is 0 Å². The molecule has 1 aromatic heterocycles. The van der Waals surface area contributed by atoms with Crippen LogP contribution in [0.15, 0.2) is 0 Å². The Balaban J connectivity index is 2.08. The van der Waals surface area contributed by atoms with Gasteiger partial charge in [0.15, 0.2) is 5.82 Å². The summed E-state index contributed by atoms with van der Waals surface area (Å²) >= 11 is 0. The molecule has 0 aromatic carbocycles. The molecule has 5 heteroatoms. The second-order valence-electron chi connectivity index (χ2n) is 3.00. The average molecular weight is 168 g/mol. The number of ether oxygens (including phenoxy) is 1. The van der Waals surface area contributed by atoms with Gasteiger partial charge in [-0.3, -0.25) is 0 Å². The lowest BCUT2D eigenvalue weighted by Crippen LogP contribution is -2.21. The van der Waals surface area contributed by atoms with Crippen LogP contribution in [0, 0.1) is 6.92 Å². The molecule has 0 bridgehead atoms. The van der Waals surface area contributed by atoms with Gasteiger partial charge in [-0.15, -0.1) is 10.2 Å². The van der Waals surface area contributed by atoms with Crippen molar-refractivity contribution in [3.05, 3.63) is 5.82 Å². The van der Waals surface area contributed by atoms with Gasteiger partial charge in [0.2, 0.25) is 0 Å². The second-order valence-corrected chi connectivity index (χ2v) is 3.00. The molecule has 0 spiro atoms. The quantitative estimate of drug-likeness (QED) is 0.606. The van der Waals surface area contributed by atoms with Crippen molar-refractivity contribution >= 4 is 0 Å². The molecule has 0 radical (unpaired) electrons. The molecule has 1 aliphatic heterocycles. The molecule has 0 amide bonds. The van der Waals surface area contributed by atoms with Crippen LogP contribution in [0.4, 0.5) is 0 Å². The highest BCUT2D eigenvalue weighted by atomic mass is 16.5. The molecule has 1 aromatic rings. The normalized spacial score (nSPS) is 19.8. The number of hydrogen-bond donors (Lipinski definition) is 0. The molecule has 0 N–H and O–H groups in total. The van der Waals surface area contributed by atoms with Crippen molar-refractivity contribution in [2.75, 3.05) is 13.2 Å².